The van der Waals surface area contributed by atoms with Crippen LogP contribution in [0.2, 0.25) is 0 Å². The van der Waals surface area contributed by atoms with E-state index in [1.54, 1.807) is 18.2 Å². The highest BCUT2D eigenvalue weighted by atomic mass is 32.2. The van der Waals surface area contributed by atoms with Crippen molar-refractivity contribution in [3.63, 3.8) is 0 Å². The SMILES string of the molecule is CC(C)CN1CCC[C@@H]([C@@H](O)[C@@H](CC(=O)c2cc(C(=O)C[C@H](C)c3ccccc3)cc(N(C)S(C)(=O)=O)c2)Cc2ccccc2)C1. The second kappa shape index (κ2) is 16.0. The van der Waals surface area contributed by atoms with Crippen molar-refractivity contribution in [1.29, 1.82) is 0 Å². The third kappa shape index (κ3) is 9.84. The lowest BCUT2D eigenvalue weighted by molar-refractivity contribution is 0.00716. The zero-order valence-electron chi connectivity index (χ0n) is 27.9. The zero-order chi connectivity index (χ0) is 33.4. The van der Waals surface area contributed by atoms with Gasteiger partial charge in [-0.25, -0.2) is 8.42 Å². The van der Waals surface area contributed by atoms with Crippen LogP contribution in [0, 0.1) is 17.8 Å². The Balaban J connectivity index is 1.63. The molecular weight excluding hydrogens is 596 g/mol. The number of ketones is 2. The lowest BCUT2D eigenvalue weighted by Gasteiger charge is -2.38. The fourth-order valence-corrected chi connectivity index (χ4v) is 7.11. The van der Waals surface area contributed by atoms with Gasteiger partial charge in [0.15, 0.2) is 11.6 Å². The smallest absolute Gasteiger partial charge is 0.231 e. The minimum atomic E-state index is -3.65. The summed E-state index contributed by atoms with van der Waals surface area (Å²) in [6.45, 7) is 9.18. The molecule has 0 spiro atoms. The number of nitrogens with zero attached hydrogens (tertiary/aromatic N) is 2. The molecule has 0 aromatic heterocycles. The first-order chi connectivity index (χ1) is 21.8. The molecule has 0 unspecified atom stereocenters. The maximum Gasteiger partial charge on any atom is 0.231 e. The van der Waals surface area contributed by atoms with Gasteiger partial charge in [-0.05, 0) is 78.8 Å². The Morgan fingerprint density at radius 3 is 2.09 bits per heavy atom. The van der Waals surface area contributed by atoms with Crippen LogP contribution in [-0.4, -0.2) is 69.0 Å². The molecule has 1 saturated heterocycles. The number of rotatable bonds is 15. The molecule has 1 heterocycles. The first-order valence-electron chi connectivity index (χ1n) is 16.5. The summed E-state index contributed by atoms with van der Waals surface area (Å²) in [7, 11) is -2.22. The summed E-state index contributed by atoms with van der Waals surface area (Å²) >= 11 is 0. The molecule has 1 aliphatic heterocycles. The molecule has 3 aromatic carbocycles. The highest BCUT2D eigenvalue weighted by molar-refractivity contribution is 7.92. The highest BCUT2D eigenvalue weighted by Crippen LogP contribution is 2.31. The van der Waals surface area contributed by atoms with Gasteiger partial charge in [-0.2, -0.15) is 0 Å². The summed E-state index contributed by atoms with van der Waals surface area (Å²) in [5.41, 5.74) is 2.92. The van der Waals surface area contributed by atoms with Gasteiger partial charge in [-0.1, -0.05) is 81.4 Å². The molecule has 1 aliphatic rings. The van der Waals surface area contributed by atoms with Crippen molar-refractivity contribution in [2.45, 2.75) is 64.9 Å². The Morgan fingerprint density at radius 2 is 1.50 bits per heavy atom. The van der Waals surface area contributed by atoms with Crippen molar-refractivity contribution < 1.29 is 23.1 Å². The highest BCUT2D eigenvalue weighted by Gasteiger charge is 2.33. The van der Waals surface area contributed by atoms with Crippen LogP contribution >= 0.6 is 0 Å². The number of carbonyl (C=O) groups is 2. The number of likely N-dealkylation sites (tertiary alicyclic amines) is 1. The number of Topliss-reactive ketones (excluding diaryl/α,β-unsaturated/α-hetero) is 2. The van der Waals surface area contributed by atoms with Crippen molar-refractivity contribution in [3.05, 3.63) is 101 Å². The zero-order valence-corrected chi connectivity index (χ0v) is 28.7. The van der Waals surface area contributed by atoms with Gasteiger partial charge in [0.05, 0.1) is 18.0 Å². The average molecular weight is 647 g/mol. The topological polar surface area (TPSA) is 95.0 Å². The number of aliphatic hydroxyl groups excluding tert-OH is 1. The number of anilines is 1. The van der Waals surface area contributed by atoms with Gasteiger partial charge in [-0.15, -0.1) is 0 Å². The largest absolute Gasteiger partial charge is 0.392 e. The van der Waals surface area contributed by atoms with Crippen molar-refractivity contribution in [1.82, 2.24) is 4.90 Å². The van der Waals surface area contributed by atoms with E-state index in [0.29, 0.717) is 17.9 Å². The number of carbonyl (C=O) groups excluding carboxylic acids is 2. The molecule has 4 rings (SSSR count). The van der Waals surface area contributed by atoms with E-state index in [2.05, 4.69) is 18.7 Å². The quantitative estimate of drug-likeness (QED) is 0.187. The Bertz CT molecular complexity index is 1560. The molecule has 7 nitrogen and oxygen atoms in total. The molecular formula is C38H50N2O5S. The van der Waals surface area contributed by atoms with Gasteiger partial charge >= 0.3 is 0 Å². The van der Waals surface area contributed by atoms with Gasteiger partial charge in [0, 0.05) is 44.1 Å². The van der Waals surface area contributed by atoms with E-state index < -0.39 is 16.1 Å². The fourth-order valence-electron chi connectivity index (χ4n) is 6.63. The molecule has 1 fully saturated rings. The Morgan fingerprint density at radius 1 is 0.913 bits per heavy atom. The van der Waals surface area contributed by atoms with E-state index in [4.69, 9.17) is 0 Å². The first-order valence-corrected chi connectivity index (χ1v) is 18.3. The van der Waals surface area contributed by atoms with E-state index in [9.17, 15) is 23.1 Å². The number of hydrogen-bond acceptors (Lipinski definition) is 6. The number of aliphatic hydroxyl groups is 1. The van der Waals surface area contributed by atoms with Gasteiger partial charge in [-0.3, -0.25) is 13.9 Å². The van der Waals surface area contributed by atoms with Gasteiger partial charge in [0.25, 0.3) is 0 Å². The summed E-state index contributed by atoms with van der Waals surface area (Å²) in [6, 6.07) is 24.4. The van der Waals surface area contributed by atoms with Crippen LogP contribution in [0.5, 0.6) is 0 Å². The fraction of sp³-hybridized carbons (Fsp3) is 0.474. The molecule has 0 bridgehead atoms. The minimum Gasteiger partial charge on any atom is -0.392 e. The average Bonchev–Trinajstić information content (AvgIpc) is 3.03. The van der Waals surface area contributed by atoms with Crippen LogP contribution in [0.15, 0.2) is 78.9 Å². The van der Waals surface area contributed by atoms with E-state index >= 15 is 0 Å². The number of benzene rings is 3. The van der Waals surface area contributed by atoms with Crippen molar-refractivity contribution >= 4 is 27.3 Å². The predicted molar refractivity (Wildman–Crippen MR) is 186 cm³/mol. The van der Waals surface area contributed by atoms with Crippen LogP contribution < -0.4 is 4.31 Å². The maximum atomic E-state index is 14.1. The van der Waals surface area contributed by atoms with Crippen LogP contribution in [0.3, 0.4) is 0 Å². The molecule has 248 valence electrons. The second-order valence-electron chi connectivity index (χ2n) is 13.6. The molecule has 4 atom stereocenters. The lowest BCUT2D eigenvalue weighted by Crippen LogP contribution is -2.44. The summed E-state index contributed by atoms with van der Waals surface area (Å²) in [5.74, 6) is -0.199. The van der Waals surface area contributed by atoms with Crippen LogP contribution in [0.25, 0.3) is 0 Å². The maximum absolute atomic E-state index is 14.1. The summed E-state index contributed by atoms with van der Waals surface area (Å²) < 4.78 is 26.1. The number of piperidine rings is 1. The molecule has 0 aliphatic carbocycles. The van der Waals surface area contributed by atoms with E-state index in [0.717, 1.165) is 54.2 Å². The normalized spacial score (nSPS) is 17.8. The molecule has 0 saturated carbocycles. The van der Waals surface area contributed by atoms with Gasteiger partial charge < -0.3 is 10.0 Å². The van der Waals surface area contributed by atoms with Gasteiger partial charge in [0.2, 0.25) is 10.0 Å². The summed E-state index contributed by atoms with van der Waals surface area (Å²) in [6.07, 6.45) is 3.16. The number of sulfonamides is 1. The van der Waals surface area contributed by atoms with E-state index in [1.807, 2.05) is 67.6 Å². The van der Waals surface area contributed by atoms with Crippen molar-refractivity contribution in [2.24, 2.45) is 17.8 Å². The molecule has 1 N–H and O–H groups in total. The first kappa shape index (κ1) is 35.5. The Labute approximate surface area is 275 Å². The Hall–Kier alpha value is -3.33. The second-order valence-corrected chi connectivity index (χ2v) is 15.6. The predicted octanol–water partition coefficient (Wildman–Crippen LogP) is 6.62. The van der Waals surface area contributed by atoms with E-state index in [-0.39, 0.29) is 53.4 Å². The third-order valence-electron chi connectivity index (χ3n) is 9.20. The van der Waals surface area contributed by atoms with Gasteiger partial charge in [0.1, 0.15) is 0 Å². The van der Waals surface area contributed by atoms with Crippen LogP contribution in [0.4, 0.5) is 5.69 Å². The van der Waals surface area contributed by atoms with Crippen LogP contribution in [0.1, 0.15) is 84.2 Å². The number of hydrogen-bond donors (Lipinski definition) is 1. The summed E-state index contributed by atoms with van der Waals surface area (Å²) in [4.78, 5) is 30.1. The van der Waals surface area contributed by atoms with E-state index in [1.165, 1.54) is 7.05 Å². The molecule has 0 amide bonds. The Kier molecular flexibility index (Phi) is 12.3. The minimum absolute atomic E-state index is 0.0494. The molecule has 46 heavy (non-hydrogen) atoms. The summed E-state index contributed by atoms with van der Waals surface area (Å²) in [5, 5.41) is 11.8. The van der Waals surface area contributed by atoms with Crippen molar-refractivity contribution in [2.75, 3.05) is 37.2 Å². The molecule has 8 heteroatoms. The third-order valence-corrected chi connectivity index (χ3v) is 10.4. The molecule has 3 aromatic rings. The molecule has 0 radical (unpaired) electrons. The van der Waals surface area contributed by atoms with Crippen molar-refractivity contribution in [3.8, 4) is 0 Å². The monoisotopic (exact) mass is 646 g/mol. The standard InChI is InChI=1S/C38H50N2O5S/c1-27(2)25-40-18-12-17-31(26-40)38(43)34(20-29-13-8-6-9-14-29)24-37(42)33-21-32(22-35(23-33)39(4)46(5,44)45)36(41)19-28(3)30-15-10-7-11-16-30/h6-11,13-16,21-23,27-28,31,34,38,43H,12,17-20,24-26H2,1-5H3/t28-,31+,34+,38+/m0/s1. The van der Waals surface area contributed by atoms with Crippen LogP contribution in [-0.2, 0) is 16.4 Å². The lowest BCUT2D eigenvalue weighted by atomic mass is 9.79.